The zero-order chi connectivity index (χ0) is 17.1. The Balaban J connectivity index is 1.47. The predicted molar refractivity (Wildman–Crippen MR) is 90.7 cm³/mol. The van der Waals surface area contributed by atoms with E-state index < -0.39 is 0 Å². The molecule has 3 aromatic heterocycles. The minimum absolute atomic E-state index is 0.0551. The molecule has 0 atom stereocenters. The third-order valence-electron chi connectivity index (χ3n) is 4.25. The van der Waals surface area contributed by atoms with Gasteiger partial charge in [0.1, 0.15) is 0 Å². The maximum absolute atomic E-state index is 12.0. The number of imidazole rings is 1. The van der Waals surface area contributed by atoms with E-state index in [1.807, 2.05) is 48.4 Å². The van der Waals surface area contributed by atoms with Gasteiger partial charge in [-0.3, -0.25) is 13.9 Å². The number of hydrogen-bond acceptors (Lipinski definition) is 4. The molecule has 3 rings (SSSR count). The molecule has 0 aliphatic heterocycles. The van der Waals surface area contributed by atoms with Gasteiger partial charge in [0.25, 0.3) is 0 Å². The van der Waals surface area contributed by atoms with E-state index in [-0.39, 0.29) is 5.91 Å². The molecule has 126 valence electrons. The van der Waals surface area contributed by atoms with Crippen LogP contribution >= 0.6 is 0 Å². The molecular weight excluding hydrogens is 304 g/mol. The predicted octanol–water partition coefficient (Wildman–Crippen LogP) is 1.37. The lowest BCUT2D eigenvalue weighted by molar-refractivity contribution is -0.121. The van der Waals surface area contributed by atoms with Gasteiger partial charge < -0.3 is 5.32 Å². The van der Waals surface area contributed by atoms with Crippen LogP contribution in [-0.2, 0) is 24.7 Å². The first-order chi connectivity index (χ1) is 11.5. The Bertz CT molecular complexity index is 830. The summed E-state index contributed by atoms with van der Waals surface area (Å²) >= 11 is 0. The van der Waals surface area contributed by atoms with E-state index in [0.29, 0.717) is 25.2 Å². The Kier molecular flexibility index (Phi) is 4.59. The summed E-state index contributed by atoms with van der Waals surface area (Å²) in [6.07, 6.45) is 7.46. The van der Waals surface area contributed by atoms with Crippen LogP contribution in [0.5, 0.6) is 0 Å². The third kappa shape index (κ3) is 3.45. The first-order valence-electron chi connectivity index (χ1n) is 8.09. The Morgan fingerprint density at radius 3 is 2.83 bits per heavy atom. The highest BCUT2D eigenvalue weighted by molar-refractivity contribution is 5.76. The minimum Gasteiger partial charge on any atom is -0.356 e. The van der Waals surface area contributed by atoms with Gasteiger partial charge in [0.2, 0.25) is 11.7 Å². The number of nitrogens with one attached hydrogen (secondary N) is 1. The van der Waals surface area contributed by atoms with Crippen LogP contribution in [0.15, 0.2) is 24.7 Å². The van der Waals surface area contributed by atoms with Gasteiger partial charge in [-0.15, -0.1) is 0 Å². The highest BCUT2D eigenvalue weighted by Crippen LogP contribution is 2.13. The Hall–Kier alpha value is -2.70. The van der Waals surface area contributed by atoms with Crippen LogP contribution < -0.4 is 5.32 Å². The van der Waals surface area contributed by atoms with Gasteiger partial charge in [-0.05, 0) is 31.9 Å². The maximum atomic E-state index is 12.0. The summed E-state index contributed by atoms with van der Waals surface area (Å²) < 4.78 is 3.74. The second kappa shape index (κ2) is 6.82. The van der Waals surface area contributed by atoms with E-state index >= 15 is 0 Å². The van der Waals surface area contributed by atoms with Crippen molar-refractivity contribution in [1.82, 2.24) is 29.5 Å². The van der Waals surface area contributed by atoms with Gasteiger partial charge in [0.05, 0.1) is 11.4 Å². The van der Waals surface area contributed by atoms with Crippen LogP contribution in [0.2, 0.25) is 0 Å². The lowest BCUT2D eigenvalue weighted by Gasteiger charge is -2.05. The highest BCUT2D eigenvalue weighted by Gasteiger charge is 2.11. The molecule has 0 aliphatic carbocycles. The van der Waals surface area contributed by atoms with E-state index in [0.717, 1.165) is 23.5 Å². The van der Waals surface area contributed by atoms with Crippen LogP contribution in [0.3, 0.4) is 0 Å². The molecule has 7 heteroatoms. The summed E-state index contributed by atoms with van der Waals surface area (Å²) in [6.45, 7) is 4.59. The minimum atomic E-state index is 0.0551. The van der Waals surface area contributed by atoms with Gasteiger partial charge in [0.15, 0.2) is 0 Å². The molecule has 0 spiro atoms. The number of nitrogens with zero attached hydrogens (tertiary/aromatic N) is 5. The van der Waals surface area contributed by atoms with Crippen LogP contribution in [0, 0.1) is 13.8 Å². The summed E-state index contributed by atoms with van der Waals surface area (Å²) in [5, 5.41) is 7.34. The zero-order valence-electron chi connectivity index (χ0n) is 14.3. The summed E-state index contributed by atoms with van der Waals surface area (Å²) in [5.74, 6) is 0.737. The molecule has 0 saturated heterocycles. The number of rotatable bonds is 6. The first kappa shape index (κ1) is 16.2. The van der Waals surface area contributed by atoms with Crippen LogP contribution in [-0.4, -0.2) is 36.6 Å². The van der Waals surface area contributed by atoms with Gasteiger partial charge >= 0.3 is 0 Å². The lowest BCUT2D eigenvalue weighted by atomic mass is 10.1. The van der Waals surface area contributed by atoms with Gasteiger partial charge in [-0.1, -0.05) is 0 Å². The van der Waals surface area contributed by atoms with E-state index in [9.17, 15) is 4.79 Å². The summed E-state index contributed by atoms with van der Waals surface area (Å²) in [5.41, 5.74) is 4.21. The molecule has 0 radical (unpaired) electrons. The molecule has 0 aliphatic rings. The van der Waals surface area contributed by atoms with E-state index in [1.54, 1.807) is 6.20 Å². The van der Waals surface area contributed by atoms with Crippen molar-refractivity contribution in [1.29, 1.82) is 0 Å². The normalized spacial score (nSPS) is 11.1. The van der Waals surface area contributed by atoms with Crippen molar-refractivity contribution < 1.29 is 4.79 Å². The molecule has 1 amide bonds. The van der Waals surface area contributed by atoms with Gasteiger partial charge in [-0.25, -0.2) is 9.97 Å². The molecule has 24 heavy (non-hydrogen) atoms. The molecule has 0 fully saturated rings. The number of aryl methyl sites for hydroxylation is 2. The molecule has 0 bridgehead atoms. The van der Waals surface area contributed by atoms with Crippen molar-refractivity contribution in [3.63, 3.8) is 0 Å². The fraction of sp³-hybridized carbons (Fsp3) is 0.412. The van der Waals surface area contributed by atoms with Crippen LogP contribution in [0.4, 0.5) is 0 Å². The lowest BCUT2D eigenvalue weighted by Crippen LogP contribution is -2.26. The Morgan fingerprint density at radius 1 is 1.29 bits per heavy atom. The molecule has 0 aromatic carbocycles. The standard InChI is InChI=1S/C17H22N6O/c1-12-15(13(2)22(3)21-12)5-6-16(24)18-9-7-14-11-23-10-4-8-19-17(23)20-14/h4,8,10-11H,5-7,9H2,1-3H3,(H,18,24). The van der Waals surface area contributed by atoms with Gasteiger partial charge in [-0.2, -0.15) is 5.10 Å². The fourth-order valence-corrected chi connectivity index (χ4v) is 2.84. The molecule has 0 saturated carbocycles. The smallest absolute Gasteiger partial charge is 0.233 e. The molecule has 0 unspecified atom stereocenters. The molecule has 3 heterocycles. The highest BCUT2D eigenvalue weighted by atomic mass is 16.1. The Labute approximate surface area is 140 Å². The maximum Gasteiger partial charge on any atom is 0.233 e. The van der Waals surface area contributed by atoms with E-state index in [1.165, 1.54) is 5.56 Å². The number of amides is 1. The van der Waals surface area contributed by atoms with E-state index in [2.05, 4.69) is 20.4 Å². The molecule has 1 N–H and O–H groups in total. The number of carbonyl (C=O) groups is 1. The second-order valence-corrected chi connectivity index (χ2v) is 5.93. The van der Waals surface area contributed by atoms with Crippen molar-refractivity contribution in [2.24, 2.45) is 7.05 Å². The van der Waals surface area contributed by atoms with Crippen molar-refractivity contribution in [2.75, 3.05) is 6.54 Å². The average molecular weight is 326 g/mol. The summed E-state index contributed by atoms with van der Waals surface area (Å²) in [6, 6.07) is 1.86. The molecular formula is C17H22N6O. The number of aromatic nitrogens is 5. The van der Waals surface area contributed by atoms with Crippen molar-refractivity contribution in [3.8, 4) is 0 Å². The molecule has 7 nitrogen and oxygen atoms in total. The van der Waals surface area contributed by atoms with Gasteiger partial charge in [0, 0.05) is 50.7 Å². The fourth-order valence-electron chi connectivity index (χ4n) is 2.84. The largest absolute Gasteiger partial charge is 0.356 e. The first-order valence-corrected chi connectivity index (χ1v) is 8.09. The summed E-state index contributed by atoms with van der Waals surface area (Å²) in [7, 11) is 1.93. The average Bonchev–Trinajstić information content (AvgIpc) is 3.07. The number of carbonyl (C=O) groups excluding carboxylic acids is 1. The van der Waals surface area contributed by atoms with Crippen LogP contribution in [0.25, 0.3) is 5.78 Å². The van der Waals surface area contributed by atoms with Crippen molar-refractivity contribution in [3.05, 3.63) is 47.3 Å². The van der Waals surface area contributed by atoms with Crippen LogP contribution in [0.1, 0.15) is 29.1 Å². The van der Waals surface area contributed by atoms with Crippen molar-refractivity contribution >= 4 is 11.7 Å². The zero-order valence-corrected chi connectivity index (χ0v) is 14.3. The molecule has 3 aromatic rings. The number of hydrogen-bond donors (Lipinski definition) is 1. The SMILES string of the molecule is Cc1nn(C)c(C)c1CCC(=O)NCCc1cn2cccnc2n1. The third-order valence-corrected chi connectivity index (χ3v) is 4.25. The monoisotopic (exact) mass is 326 g/mol. The summed E-state index contributed by atoms with van der Waals surface area (Å²) in [4.78, 5) is 20.6. The topological polar surface area (TPSA) is 77.1 Å². The number of fused-ring (bicyclic) bond motifs is 1. The van der Waals surface area contributed by atoms with Crippen molar-refractivity contribution in [2.45, 2.75) is 33.1 Å². The second-order valence-electron chi connectivity index (χ2n) is 5.93. The quantitative estimate of drug-likeness (QED) is 0.742. The van der Waals surface area contributed by atoms with E-state index in [4.69, 9.17) is 0 Å². The Morgan fingerprint density at radius 2 is 2.12 bits per heavy atom.